The molecule has 2 rings (SSSR count). The largest absolute Gasteiger partial charge is 0.481 e. The lowest BCUT2D eigenvalue weighted by molar-refractivity contribution is -0.137. The monoisotopic (exact) mass is 346 g/mol. The number of hydrogen-bond donors (Lipinski definition) is 2. The number of carboxylic acid groups (broad SMARTS) is 1. The van der Waals surface area contributed by atoms with Gasteiger partial charge in [0.05, 0.1) is 17.1 Å². The fourth-order valence-corrected chi connectivity index (χ4v) is 3.20. The van der Waals surface area contributed by atoms with E-state index in [-0.39, 0.29) is 24.8 Å². The lowest BCUT2D eigenvalue weighted by Crippen LogP contribution is -2.37. The number of amides is 1. The molecule has 0 aliphatic rings. The van der Waals surface area contributed by atoms with Crippen LogP contribution in [0.1, 0.15) is 36.0 Å². The predicted molar refractivity (Wildman–Crippen MR) is 94.1 cm³/mol. The van der Waals surface area contributed by atoms with Gasteiger partial charge in [0.25, 0.3) is 0 Å². The van der Waals surface area contributed by atoms with Crippen molar-refractivity contribution in [3.8, 4) is 0 Å². The maximum Gasteiger partial charge on any atom is 0.303 e. The van der Waals surface area contributed by atoms with E-state index >= 15 is 0 Å². The molecule has 0 radical (unpaired) electrons. The molecular formula is C18H22N2O3S. The Labute approximate surface area is 145 Å². The lowest BCUT2D eigenvalue weighted by Gasteiger charge is -2.18. The highest BCUT2D eigenvalue weighted by molar-refractivity contribution is 7.09. The number of aliphatic carboxylic acids is 1. The van der Waals surface area contributed by atoms with Crippen LogP contribution in [0.4, 0.5) is 0 Å². The number of rotatable bonds is 9. The minimum absolute atomic E-state index is 0.0362. The van der Waals surface area contributed by atoms with E-state index in [2.05, 4.69) is 10.3 Å². The maximum absolute atomic E-state index is 12.3. The van der Waals surface area contributed by atoms with Crippen LogP contribution < -0.4 is 5.32 Å². The predicted octanol–water partition coefficient (Wildman–Crippen LogP) is 2.84. The van der Waals surface area contributed by atoms with Crippen molar-refractivity contribution in [1.29, 1.82) is 0 Å². The molecule has 0 saturated heterocycles. The molecule has 24 heavy (non-hydrogen) atoms. The normalized spacial score (nSPS) is 11.9. The van der Waals surface area contributed by atoms with Crippen LogP contribution in [-0.2, 0) is 28.9 Å². The number of carboxylic acids is 1. The second-order valence-electron chi connectivity index (χ2n) is 5.65. The Kier molecular flexibility index (Phi) is 6.93. The van der Waals surface area contributed by atoms with E-state index in [4.69, 9.17) is 5.11 Å². The fraction of sp³-hybridized carbons (Fsp3) is 0.389. The van der Waals surface area contributed by atoms with Gasteiger partial charge in [-0.05, 0) is 24.8 Å². The molecular weight excluding hydrogens is 324 g/mol. The SMILES string of the molecule is CCc1nc(CC(=O)NC(CCC(=O)O)Cc2ccccc2)cs1. The summed E-state index contributed by atoms with van der Waals surface area (Å²) < 4.78 is 0. The van der Waals surface area contributed by atoms with Gasteiger partial charge in [0.15, 0.2) is 0 Å². The molecule has 1 amide bonds. The minimum Gasteiger partial charge on any atom is -0.481 e. The molecule has 0 spiro atoms. The Bertz CT molecular complexity index is 670. The maximum atomic E-state index is 12.3. The second-order valence-corrected chi connectivity index (χ2v) is 6.59. The Morgan fingerprint density at radius 2 is 2.04 bits per heavy atom. The van der Waals surface area contributed by atoms with Crippen molar-refractivity contribution < 1.29 is 14.7 Å². The first kappa shape index (κ1) is 18.1. The van der Waals surface area contributed by atoms with Crippen LogP contribution in [0.2, 0.25) is 0 Å². The van der Waals surface area contributed by atoms with Crippen molar-refractivity contribution >= 4 is 23.2 Å². The molecule has 6 heteroatoms. The quantitative estimate of drug-likeness (QED) is 0.732. The average molecular weight is 346 g/mol. The minimum atomic E-state index is -0.852. The third kappa shape index (κ3) is 6.12. The molecule has 2 aromatic rings. The Morgan fingerprint density at radius 3 is 2.67 bits per heavy atom. The number of thiazole rings is 1. The summed E-state index contributed by atoms with van der Waals surface area (Å²) in [5, 5.41) is 14.8. The van der Waals surface area contributed by atoms with Gasteiger partial charge in [0.1, 0.15) is 0 Å². The van der Waals surface area contributed by atoms with Crippen LogP contribution in [0.5, 0.6) is 0 Å². The topological polar surface area (TPSA) is 79.3 Å². The first-order valence-electron chi connectivity index (χ1n) is 8.05. The molecule has 0 fully saturated rings. The van der Waals surface area contributed by atoms with Crippen LogP contribution in [0.3, 0.4) is 0 Å². The zero-order chi connectivity index (χ0) is 17.4. The summed E-state index contributed by atoms with van der Waals surface area (Å²) in [6.45, 7) is 2.03. The molecule has 5 nitrogen and oxygen atoms in total. The van der Waals surface area contributed by atoms with Crippen LogP contribution in [0, 0.1) is 0 Å². The Hall–Kier alpha value is -2.21. The smallest absolute Gasteiger partial charge is 0.303 e. The molecule has 0 aliphatic carbocycles. The summed E-state index contributed by atoms with van der Waals surface area (Å²) in [4.78, 5) is 27.5. The molecule has 128 valence electrons. The summed E-state index contributed by atoms with van der Waals surface area (Å²) in [6.07, 6.45) is 2.16. The van der Waals surface area contributed by atoms with Crippen LogP contribution in [-0.4, -0.2) is 28.0 Å². The molecule has 0 bridgehead atoms. The van der Waals surface area contributed by atoms with E-state index in [1.165, 1.54) is 0 Å². The highest BCUT2D eigenvalue weighted by Gasteiger charge is 2.16. The Morgan fingerprint density at radius 1 is 1.29 bits per heavy atom. The van der Waals surface area contributed by atoms with Gasteiger partial charge in [0.2, 0.25) is 5.91 Å². The van der Waals surface area contributed by atoms with Crippen molar-refractivity contribution in [2.45, 2.75) is 45.1 Å². The van der Waals surface area contributed by atoms with Gasteiger partial charge in [-0.3, -0.25) is 9.59 Å². The highest BCUT2D eigenvalue weighted by Crippen LogP contribution is 2.12. The Balaban J connectivity index is 1.95. The van der Waals surface area contributed by atoms with Crippen LogP contribution >= 0.6 is 11.3 Å². The number of carbonyl (C=O) groups excluding carboxylic acids is 1. The van der Waals surface area contributed by atoms with Crippen LogP contribution in [0.25, 0.3) is 0 Å². The van der Waals surface area contributed by atoms with Gasteiger partial charge < -0.3 is 10.4 Å². The molecule has 1 unspecified atom stereocenters. The molecule has 0 saturated carbocycles. The van der Waals surface area contributed by atoms with Gasteiger partial charge in [0, 0.05) is 17.8 Å². The zero-order valence-corrected chi connectivity index (χ0v) is 14.5. The molecule has 1 aromatic heterocycles. The number of benzene rings is 1. The number of carbonyl (C=O) groups is 2. The number of aromatic nitrogens is 1. The number of aryl methyl sites for hydroxylation is 1. The van der Waals surface area contributed by atoms with Crippen molar-refractivity contribution in [2.75, 3.05) is 0 Å². The molecule has 0 aliphatic heterocycles. The summed E-state index contributed by atoms with van der Waals surface area (Å²) in [5.41, 5.74) is 1.85. The molecule has 1 aromatic carbocycles. The summed E-state index contributed by atoms with van der Waals surface area (Å²) in [5.74, 6) is -0.969. The van der Waals surface area contributed by atoms with Gasteiger partial charge in [-0.25, -0.2) is 4.98 Å². The van der Waals surface area contributed by atoms with E-state index in [0.29, 0.717) is 12.8 Å². The van der Waals surface area contributed by atoms with E-state index in [1.54, 1.807) is 11.3 Å². The molecule has 2 N–H and O–H groups in total. The zero-order valence-electron chi connectivity index (χ0n) is 13.7. The first-order chi connectivity index (χ1) is 11.6. The lowest BCUT2D eigenvalue weighted by atomic mass is 10.0. The summed E-state index contributed by atoms with van der Waals surface area (Å²) in [6, 6.07) is 9.57. The van der Waals surface area contributed by atoms with Crippen molar-refractivity contribution in [1.82, 2.24) is 10.3 Å². The fourth-order valence-electron chi connectivity index (χ4n) is 2.46. The van der Waals surface area contributed by atoms with Crippen LogP contribution in [0.15, 0.2) is 35.7 Å². The highest BCUT2D eigenvalue weighted by atomic mass is 32.1. The number of nitrogens with zero attached hydrogens (tertiary/aromatic N) is 1. The molecule has 1 atom stereocenters. The number of hydrogen-bond acceptors (Lipinski definition) is 4. The van der Waals surface area contributed by atoms with Crippen molar-refractivity contribution in [3.63, 3.8) is 0 Å². The number of nitrogens with one attached hydrogen (secondary N) is 1. The second kappa shape index (κ2) is 9.17. The first-order valence-corrected chi connectivity index (χ1v) is 8.93. The van der Waals surface area contributed by atoms with Gasteiger partial charge in [-0.15, -0.1) is 11.3 Å². The van der Waals surface area contributed by atoms with E-state index < -0.39 is 5.97 Å². The standard InChI is InChI=1S/C18H22N2O3S/c1-2-17-20-15(12-24-17)11-16(21)19-14(8-9-18(22)23)10-13-6-4-3-5-7-13/h3-7,12,14H,2,8-11H2,1H3,(H,19,21)(H,22,23). The third-order valence-electron chi connectivity index (χ3n) is 3.64. The third-order valence-corrected chi connectivity index (χ3v) is 4.68. The summed E-state index contributed by atoms with van der Waals surface area (Å²) >= 11 is 1.56. The average Bonchev–Trinajstić information content (AvgIpc) is 3.01. The van der Waals surface area contributed by atoms with Gasteiger partial charge in [-0.1, -0.05) is 37.3 Å². The summed E-state index contributed by atoms with van der Waals surface area (Å²) in [7, 11) is 0. The molecule has 1 heterocycles. The van der Waals surface area contributed by atoms with Gasteiger partial charge in [-0.2, -0.15) is 0 Å². The van der Waals surface area contributed by atoms with E-state index in [0.717, 1.165) is 22.7 Å². The van der Waals surface area contributed by atoms with Gasteiger partial charge >= 0.3 is 5.97 Å². The van der Waals surface area contributed by atoms with Crippen molar-refractivity contribution in [3.05, 3.63) is 52.0 Å². The van der Waals surface area contributed by atoms with Crippen molar-refractivity contribution in [2.24, 2.45) is 0 Å². The van der Waals surface area contributed by atoms with E-state index in [1.807, 2.05) is 42.6 Å². The van der Waals surface area contributed by atoms with E-state index in [9.17, 15) is 9.59 Å².